The van der Waals surface area contributed by atoms with E-state index in [9.17, 15) is 9.59 Å². The van der Waals surface area contributed by atoms with Crippen LogP contribution in [0.1, 0.15) is 31.8 Å². The van der Waals surface area contributed by atoms with Gasteiger partial charge in [0.25, 0.3) is 11.8 Å². The summed E-state index contributed by atoms with van der Waals surface area (Å²) in [5.74, 6) is 0.968. The van der Waals surface area contributed by atoms with E-state index in [0.717, 1.165) is 22.5 Å². The van der Waals surface area contributed by atoms with Crippen LogP contribution >= 0.6 is 0 Å². The number of anilines is 2. The molecule has 4 aromatic carbocycles. The molecule has 38 heavy (non-hydrogen) atoms. The fourth-order valence-electron chi connectivity index (χ4n) is 4.40. The van der Waals surface area contributed by atoms with Crippen molar-refractivity contribution < 1.29 is 19.1 Å². The van der Waals surface area contributed by atoms with Crippen molar-refractivity contribution in [1.82, 2.24) is 0 Å². The Morgan fingerprint density at radius 2 is 1.08 bits per heavy atom. The van der Waals surface area contributed by atoms with Gasteiger partial charge >= 0.3 is 0 Å². The van der Waals surface area contributed by atoms with E-state index >= 15 is 0 Å². The first-order valence-corrected chi connectivity index (χ1v) is 12.5. The number of carbonyl (C=O) groups excluding carboxylic acids is 2. The summed E-state index contributed by atoms with van der Waals surface area (Å²) < 4.78 is 10.6. The highest BCUT2D eigenvalue weighted by atomic mass is 16.5. The van der Waals surface area contributed by atoms with E-state index in [1.54, 1.807) is 66.5 Å². The standard InChI is InChI=1S/C32H32N2O4/c1-23-10-5-7-14-29(23)33(31(35)25-16-18-27(37-3)19-17-25)20-21-34(30-15-8-6-11-24(30)2)32(36)26-12-9-13-28(22-26)38-4/h5-19,22H,20-21H2,1-4H3. The number of hydrogen-bond donors (Lipinski definition) is 0. The van der Waals surface area contributed by atoms with Crippen molar-refractivity contribution in [3.8, 4) is 11.5 Å². The molecule has 6 heteroatoms. The number of rotatable bonds is 9. The molecule has 4 aromatic rings. The van der Waals surface area contributed by atoms with Crippen LogP contribution in [0, 0.1) is 13.8 Å². The second kappa shape index (κ2) is 12.1. The van der Waals surface area contributed by atoms with Crippen LogP contribution < -0.4 is 19.3 Å². The van der Waals surface area contributed by atoms with E-state index in [0.29, 0.717) is 29.2 Å². The molecule has 0 aliphatic rings. The number of ether oxygens (including phenoxy) is 2. The lowest BCUT2D eigenvalue weighted by atomic mass is 10.1. The zero-order chi connectivity index (χ0) is 27.1. The Hall–Kier alpha value is -4.58. The van der Waals surface area contributed by atoms with Gasteiger partial charge in [-0.05, 0) is 79.6 Å². The highest BCUT2D eigenvalue weighted by molar-refractivity contribution is 6.08. The van der Waals surface area contributed by atoms with E-state index in [1.807, 2.05) is 68.4 Å². The summed E-state index contributed by atoms with van der Waals surface area (Å²) in [5, 5.41) is 0. The molecule has 0 atom stereocenters. The van der Waals surface area contributed by atoms with E-state index in [4.69, 9.17) is 9.47 Å². The minimum absolute atomic E-state index is 0.152. The number of nitrogens with zero attached hydrogens (tertiary/aromatic N) is 2. The first-order valence-electron chi connectivity index (χ1n) is 12.5. The molecule has 0 saturated carbocycles. The maximum atomic E-state index is 13.8. The van der Waals surface area contributed by atoms with Crippen molar-refractivity contribution in [2.45, 2.75) is 13.8 Å². The second-order valence-corrected chi connectivity index (χ2v) is 8.95. The number of benzene rings is 4. The average molecular weight is 509 g/mol. The van der Waals surface area contributed by atoms with Gasteiger partial charge in [0.15, 0.2) is 0 Å². The first-order chi connectivity index (χ1) is 18.4. The van der Waals surface area contributed by atoms with Gasteiger partial charge in [0.1, 0.15) is 11.5 Å². The summed E-state index contributed by atoms with van der Waals surface area (Å²) in [7, 11) is 3.17. The molecule has 2 amide bonds. The third-order valence-corrected chi connectivity index (χ3v) is 6.50. The van der Waals surface area contributed by atoms with E-state index in [1.165, 1.54) is 0 Å². The molecule has 0 unspecified atom stereocenters. The van der Waals surface area contributed by atoms with Crippen LogP contribution in [-0.2, 0) is 0 Å². The number of carbonyl (C=O) groups is 2. The molecule has 0 heterocycles. The number of hydrogen-bond acceptors (Lipinski definition) is 4. The third-order valence-electron chi connectivity index (χ3n) is 6.50. The molecule has 6 nitrogen and oxygen atoms in total. The van der Waals surface area contributed by atoms with Crippen molar-refractivity contribution >= 4 is 23.2 Å². The molecule has 0 fully saturated rings. The van der Waals surface area contributed by atoms with Crippen molar-refractivity contribution in [3.63, 3.8) is 0 Å². The first kappa shape index (κ1) is 26.5. The van der Waals surface area contributed by atoms with E-state index in [-0.39, 0.29) is 18.4 Å². The Kier molecular flexibility index (Phi) is 8.44. The predicted molar refractivity (Wildman–Crippen MR) is 152 cm³/mol. The van der Waals surface area contributed by atoms with Gasteiger partial charge in [-0.15, -0.1) is 0 Å². The van der Waals surface area contributed by atoms with Crippen molar-refractivity contribution in [2.24, 2.45) is 0 Å². The highest BCUT2D eigenvalue weighted by Crippen LogP contribution is 2.26. The van der Waals surface area contributed by atoms with Crippen LogP contribution in [0.25, 0.3) is 0 Å². The van der Waals surface area contributed by atoms with Gasteiger partial charge in [-0.25, -0.2) is 0 Å². The molecule has 0 aliphatic carbocycles. The molecule has 0 radical (unpaired) electrons. The lowest BCUT2D eigenvalue weighted by Gasteiger charge is -2.30. The van der Waals surface area contributed by atoms with Crippen molar-refractivity contribution in [3.05, 3.63) is 119 Å². The molecule has 0 bridgehead atoms. The van der Waals surface area contributed by atoms with E-state index < -0.39 is 0 Å². The van der Waals surface area contributed by atoms with Crippen LogP contribution in [0.5, 0.6) is 11.5 Å². The van der Waals surface area contributed by atoms with Crippen molar-refractivity contribution in [1.29, 1.82) is 0 Å². The maximum absolute atomic E-state index is 13.8. The zero-order valence-corrected chi connectivity index (χ0v) is 22.2. The second-order valence-electron chi connectivity index (χ2n) is 8.95. The number of amides is 2. The zero-order valence-electron chi connectivity index (χ0n) is 22.2. The molecule has 0 aromatic heterocycles. The van der Waals surface area contributed by atoms with Gasteiger partial charge in [0.2, 0.25) is 0 Å². The average Bonchev–Trinajstić information content (AvgIpc) is 2.96. The van der Waals surface area contributed by atoms with Gasteiger partial charge < -0.3 is 19.3 Å². The summed E-state index contributed by atoms with van der Waals surface area (Å²) in [5.41, 5.74) is 4.57. The largest absolute Gasteiger partial charge is 0.497 e. The van der Waals surface area contributed by atoms with Gasteiger partial charge in [-0.1, -0.05) is 42.5 Å². The topological polar surface area (TPSA) is 59.1 Å². The van der Waals surface area contributed by atoms with Gasteiger partial charge in [0.05, 0.1) is 14.2 Å². The van der Waals surface area contributed by atoms with Gasteiger partial charge in [-0.2, -0.15) is 0 Å². The summed E-state index contributed by atoms with van der Waals surface area (Å²) in [6.07, 6.45) is 0. The number of methoxy groups -OCH3 is 2. The third kappa shape index (κ3) is 5.86. The molecule has 0 N–H and O–H groups in total. The summed E-state index contributed by atoms with van der Waals surface area (Å²) in [6.45, 7) is 4.53. The fraction of sp³-hybridized carbons (Fsp3) is 0.188. The highest BCUT2D eigenvalue weighted by Gasteiger charge is 2.24. The van der Waals surface area contributed by atoms with Crippen LogP contribution in [0.2, 0.25) is 0 Å². The Balaban J connectivity index is 1.71. The van der Waals surface area contributed by atoms with Crippen LogP contribution in [-0.4, -0.2) is 39.1 Å². The van der Waals surface area contributed by atoms with Crippen LogP contribution in [0.3, 0.4) is 0 Å². The van der Waals surface area contributed by atoms with Gasteiger partial charge in [0, 0.05) is 35.6 Å². The minimum atomic E-state index is -0.167. The quantitative estimate of drug-likeness (QED) is 0.266. The number of para-hydroxylation sites is 2. The van der Waals surface area contributed by atoms with Crippen LogP contribution in [0.4, 0.5) is 11.4 Å². The lowest BCUT2D eigenvalue weighted by Crippen LogP contribution is -2.42. The van der Waals surface area contributed by atoms with Crippen LogP contribution in [0.15, 0.2) is 97.1 Å². The molecule has 0 aliphatic heterocycles. The fourth-order valence-corrected chi connectivity index (χ4v) is 4.40. The summed E-state index contributed by atoms with van der Waals surface area (Å²) in [6, 6.07) is 29.7. The Bertz CT molecular complexity index is 1420. The Morgan fingerprint density at radius 1 is 0.579 bits per heavy atom. The number of aryl methyl sites for hydroxylation is 2. The molecule has 4 rings (SSSR count). The SMILES string of the molecule is COc1ccc(C(=O)N(CCN(C(=O)c2cccc(OC)c2)c2ccccc2C)c2ccccc2C)cc1. The Morgan fingerprint density at radius 3 is 1.58 bits per heavy atom. The molecule has 0 saturated heterocycles. The van der Waals surface area contributed by atoms with Gasteiger partial charge in [-0.3, -0.25) is 9.59 Å². The minimum Gasteiger partial charge on any atom is -0.497 e. The van der Waals surface area contributed by atoms with Crippen molar-refractivity contribution in [2.75, 3.05) is 37.1 Å². The maximum Gasteiger partial charge on any atom is 0.258 e. The molecular weight excluding hydrogens is 476 g/mol. The van der Waals surface area contributed by atoms with E-state index in [2.05, 4.69) is 0 Å². The predicted octanol–water partition coefficient (Wildman–Crippen LogP) is 6.31. The Labute approximate surface area is 224 Å². The molecular formula is C32H32N2O4. The normalized spacial score (nSPS) is 10.5. The molecule has 0 spiro atoms. The summed E-state index contributed by atoms with van der Waals surface area (Å²) in [4.78, 5) is 31.1. The smallest absolute Gasteiger partial charge is 0.258 e. The monoisotopic (exact) mass is 508 g/mol. The molecule has 194 valence electrons. The summed E-state index contributed by atoms with van der Waals surface area (Å²) >= 11 is 0. The lowest BCUT2D eigenvalue weighted by molar-refractivity contribution is 0.0967.